The first kappa shape index (κ1) is 11.1. The second-order valence-corrected chi connectivity index (χ2v) is 4.14. The third-order valence-corrected chi connectivity index (χ3v) is 2.89. The van der Waals surface area contributed by atoms with Crippen molar-refractivity contribution in [3.05, 3.63) is 23.1 Å². The lowest BCUT2D eigenvalue weighted by Crippen LogP contribution is -2.37. The van der Waals surface area contributed by atoms with Gasteiger partial charge in [-0.25, -0.2) is 0 Å². The van der Waals surface area contributed by atoms with Crippen LogP contribution in [0.2, 0.25) is 5.22 Å². The molecule has 3 nitrogen and oxygen atoms in total. The Kier molecular flexibility index (Phi) is 2.90. The molecule has 0 bridgehead atoms. The summed E-state index contributed by atoms with van der Waals surface area (Å²) in [5.41, 5.74) is -1.02. The van der Waals surface area contributed by atoms with Gasteiger partial charge in [-0.15, -0.1) is 0 Å². The summed E-state index contributed by atoms with van der Waals surface area (Å²) in [6.07, 6.45) is 0. The predicted molar refractivity (Wildman–Crippen MR) is 53.5 cm³/mol. The molecule has 0 aliphatic rings. The first-order valence-electron chi connectivity index (χ1n) is 4.38. The lowest BCUT2D eigenvalue weighted by atomic mass is 9.77. The van der Waals surface area contributed by atoms with Gasteiger partial charge in [0.1, 0.15) is 11.2 Å². The predicted octanol–water partition coefficient (Wildman–Crippen LogP) is 2.93. The molecule has 4 heteroatoms. The average Bonchev–Trinajstić information content (AvgIpc) is 2.49. The number of furan rings is 1. The van der Waals surface area contributed by atoms with E-state index in [1.165, 1.54) is 0 Å². The first-order chi connectivity index (χ1) is 6.39. The Labute approximate surface area is 87.7 Å². The zero-order chi connectivity index (χ0) is 10.9. The number of hydrogen-bond acceptors (Lipinski definition) is 2. The molecule has 0 spiro atoms. The largest absolute Gasteiger partial charge is 0.480 e. The number of carboxylic acid groups (broad SMARTS) is 1. The van der Waals surface area contributed by atoms with Gasteiger partial charge < -0.3 is 9.52 Å². The molecule has 1 aromatic heterocycles. The smallest absolute Gasteiger partial charge is 0.317 e. The molecule has 0 aliphatic carbocycles. The molecule has 0 aliphatic heterocycles. The standard InChI is InChI=1S/C10H13ClO3/c1-6(2)10(3,9(12)13)7-4-5-8(11)14-7/h4-6H,1-3H3,(H,12,13). The van der Waals surface area contributed by atoms with Crippen LogP contribution in [0.4, 0.5) is 0 Å². The van der Waals surface area contributed by atoms with Gasteiger partial charge in [0, 0.05) is 0 Å². The van der Waals surface area contributed by atoms with E-state index in [4.69, 9.17) is 21.1 Å². The highest BCUT2D eigenvalue weighted by Gasteiger charge is 2.41. The third kappa shape index (κ3) is 1.64. The van der Waals surface area contributed by atoms with Crippen molar-refractivity contribution < 1.29 is 14.3 Å². The molecule has 1 heterocycles. The molecule has 14 heavy (non-hydrogen) atoms. The summed E-state index contributed by atoms with van der Waals surface area (Å²) in [6, 6.07) is 3.16. The minimum absolute atomic E-state index is 0.0674. The lowest BCUT2D eigenvalue weighted by Gasteiger charge is -2.26. The topological polar surface area (TPSA) is 50.4 Å². The quantitative estimate of drug-likeness (QED) is 0.845. The highest BCUT2D eigenvalue weighted by molar-refractivity contribution is 6.28. The Balaban J connectivity index is 3.19. The van der Waals surface area contributed by atoms with Gasteiger partial charge in [0.05, 0.1) is 0 Å². The Morgan fingerprint density at radius 2 is 2.14 bits per heavy atom. The van der Waals surface area contributed by atoms with Crippen molar-refractivity contribution in [2.75, 3.05) is 0 Å². The van der Waals surface area contributed by atoms with Gasteiger partial charge in [-0.2, -0.15) is 0 Å². The van der Waals surface area contributed by atoms with E-state index in [1.54, 1.807) is 19.1 Å². The van der Waals surface area contributed by atoms with Crippen LogP contribution in [0.3, 0.4) is 0 Å². The van der Waals surface area contributed by atoms with Gasteiger partial charge in [-0.05, 0) is 36.6 Å². The van der Waals surface area contributed by atoms with Gasteiger partial charge >= 0.3 is 5.97 Å². The molecule has 0 saturated carbocycles. The lowest BCUT2D eigenvalue weighted by molar-refractivity contribution is -0.145. The van der Waals surface area contributed by atoms with Crippen LogP contribution in [0.5, 0.6) is 0 Å². The fourth-order valence-electron chi connectivity index (χ4n) is 1.23. The summed E-state index contributed by atoms with van der Waals surface area (Å²) in [7, 11) is 0. The highest BCUT2D eigenvalue weighted by Crippen LogP contribution is 2.34. The molecule has 0 aromatic carbocycles. The normalized spacial score (nSPS) is 15.5. The zero-order valence-electron chi connectivity index (χ0n) is 8.37. The van der Waals surface area contributed by atoms with E-state index in [0.29, 0.717) is 5.76 Å². The molecule has 1 aromatic rings. The summed E-state index contributed by atoms with van der Waals surface area (Å²) in [5.74, 6) is -0.578. The van der Waals surface area contributed by atoms with E-state index in [9.17, 15) is 4.79 Å². The number of hydrogen-bond donors (Lipinski definition) is 1. The second kappa shape index (κ2) is 3.65. The Hall–Kier alpha value is -0.960. The fourth-order valence-corrected chi connectivity index (χ4v) is 1.38. The molecule has 1 rings (SSSR count). The SMILES string of the molecule is CC(C)C(C)(C(=O)O)c1ccc(Cl)o1. The number of halogens is 1. The number of aliphatic carboxylic acids is 1. The van der Waals surface area contributed by atoms with Crippen LogP contribution in [0.1, 0.15) is 26.5 Å². The molecule has 0 fully saturated rings. The molecule has 0 saturated heterocycles. The minimum Gasteiger partial charge on any atom is -0.480 e. The molecule has 0 radical (unpaired) electrons. The Bertz CT molecular complexity index is 343. The van der Waals surface area contributed by atoms with Crippen molar-refractivity contribution in [1.82, 2.24) is 0 Å². The van der Waals surface area contributed by atoms with Gasteiger partial charge in [0.25, 0.3) is 0 Å². The fraction of sp³-hybridized carbons (Fsp3) is 0.500. The van der Waals surface area contributed by atoms with E-state index >= 15 is 0 Å². The van der Waals surface area contributed by atoms with Crippen molar-refractivity contribution in [1.29, 1.82) is 0 Å². The van der Waals surface area contributed by atoms with E-state index < -0.39 is 11.4 Å². The van der Waals surface area contributed by atoms with Gasteiger partial charge in [-0.3, -0.25) is 4.79 Å². The van der Waals surface area contributed by atoms with Crippen LogP contribution < -0.4 is 0 Å². The van der Waals surface area contributed by atoms with E-state index in [1.807, 2.05) is 13.8 Å². The van der Waals surface area contributed by atoms with Gasteiger partial charge in [0.15, 0.2) is 5.22 Å². The molecular weight excluding hydrogens is 204 g/mol. The van der Waals surface area contributed by atoms with Crippen LogP contribution in [0, 0.1) is 5.92 Å². The Morgan fingerprint density at radius 3 is 2.43 bits per heavy atom. The van der Waals surface area contributed by atoms with Crippen LogP contribution in [-0.2, 0) is 10.2 Å². The number of rotatable bonds is 3. The van der Waals surface area contributed by atoms with Crippen molar-refractivity contribution in [3.8, 4) is 0 Å². The third-order valence-electron chi connectivity index (χ3n) is 2.68. The molecule has 1 atom stereocenters. The maximum absolute atomic E-state index is 11.2. The van der Waals surface area contributed by atoms with Crippen molar-refractivity contribution in [3.63, 3.8) is 0 Å². The monoisotopic (exact) mass is 216 g/mol. The molecule has 0 amide bonds. The second-order valence-electron chi connectivity index (χ2n) is 3.77. The van der Waals surface area contributed by atoms with E-state index in [0.717, 1.165) is 0 Å². The van der Waals surface area contributed by atoms with Crippen molar-refractivity contribution in [2.45, 2.75) is 26.2 Å². The average molecular weight is 217 g/mol. The minimum atomic E-state index is -1.02. The van der Waals surface area contributed by atoms with Gasteiger partial charge in [-0.1, -0.05) is 13.8 Å². The molecule has 1 unspecified atom stereocenters. The first-order valence-corrected chi connectivity index (χ1v) is 4.76. The van der Waals surface area contributed by atoms with Crippen molar-refractivity contribution in [2.24, 2.45) is 5.92 Å². The van der Waals surface area contributed by atoms with Crippen LogP contribution >= 0.6 is 11.6 Å². The molecule has 78 valence electrons. The van der Waals surface area contributed by atoms with E-state index in [2.05, 4.69) is 0 Å². The van der Waals surface area contributed by atoms with E-state index in [-0.39, 0.29) is 11.1 Å². The maximum Gasteiger partial charge on any atom is 0.317 e. The Morgan fingerprint density at radius 1 is 1.57 bits per heavy atom. The zero-order valence-corrected chi connectivity index (χ0v) is 9.13. The van der Waals surface area contributed by atoms with Crippen LogP contribution in [-0.4, -0.2) is 11.1 Å². The maximum atomic E-state index is 11.2. The summed E-state index contributed by atoms with van der Waals surface area (Å²) in [4.78, 5) is 11.2. The summed E-state index contributed by atoms with van der Waals surface area (Å²) < 4.78 is 5.16. The van der Waals surface area contributed by atoms with Crippen LogP contribution in [0.15, 0.2) is 16.5 Å². The molecule has 1 N–H and O–H groups in total. The summed E-state index contributed by atoms with van der Waals surface area (Å²) in [5, 5.41) is 9.38. The highest BCUT2D eigenvalue weighted by atomic mass is 35.5. The summed E-state index contributed by atoms with van der Waals surface area (Å²) in [6.45, 7) is 5.31. The number of carboxylic acids is 1. The summed E-state index contributed by atoms with van der Waals surface area (Å²) >= 11 is 5.62. The van der Waals surface area contributed by atoms with Crippen molar-refractivity contribution >= 4 is 17.6 Å². The van der Waals surface area contributed by atoms with Gasteiger partial charge in [0.2, 0.25) is 0 Å². The van der Waals surface area contributed by atoms with Crippen LogP contribution in [0.25, 0.3) is 0 Å². The number of carbonyl (C=O) groups is 1. The molecular formula is C10H13ClO3.